The summed E-state index contributed by atoms with van der Waals surface area (Å²) >= 11 is 5.85. The average molecular weight is 285 g/mol. The molecule has 1 rings (SSSR count). The van der Waals surface area contributed by atoms with Crippen LogP contribution in [0.3, 0.4) is 0 Å². The number of hydrogen-bond acceptors (Lipinski definition) is 3. The van der Waals surface area contributed by atoms with Gasteiger partial charge in [-0.15, -0.1) is 11.6 Å². The molecule has 1 aromatic rings. The van der Waals surface area contributed by atoms with Gasteiger partial charge in [0.2, 0.25) is 0 Å². The predicted molar refractivity (Wildman–Crippen MR) is 74.7 cm³/mol. The van der Waals surface area contributed by atoms with E-state index < -0.39 is 4.92 Å². The molecule has 0 saturated carbocycles. The zero-order valence-electron chi connectivity index (χ0n) is 11.2. The molecule has 0 spiro atoms. The van der Waals surface area contributed by atoms with Crippen molar-refractivity contribution in [1.29, 1.82) is 0 Å². The molecular weight excluding hydrogens is 268 g/mol. The normalized spacial score (nSPS) is 12.0. The van der Waals surface area contributed by atoms with E-state index in [-0.39, 0.29) is 17.0 Å². The van der Waals surface area contributed by atoms with E-state index in [1.807, 2.05) is 6.92 Å². The topological polar surface area (TPSA) is 63.5 Å². The van der Waals surface area contributed by atoms with Crippen LogP contribution in [0.25, 0.3) is 0 Å². The smallest absolute Gasteiger partial charge is 0.269 e. The van der Waals surface area contributed by atoms with Crippen molar-refractivity contribution < 1.29 is 9.72 Å². The number of carbonyl (C=O) groups excluding carboxylic acids is 1. The number of carbonyl (C=O) groups is 1. The van der Waals surface area contributed by atoms with E-state index >= 15 is 0 Å². The maximum Gasteiger partial charge on any atom is 0.269 e. The average Bonchev–Trinajstić information content (AvgIpc) is 2.34. The minimum atomic E-state index is -0.472. The minimum absolute atomic E-state index is 0.00760. The Kier molecular flexibility index (Phi) is 5.30. The Hall–Kier alpha value is -1.62. The molecule has 1 unspecified atom stereocenters. The molecule has 0 saturated heterocycles. The molecule has 0 heterocycles. The van der Waals surface area contributed by atoms with Crippen LogP contribution in [0.15, 0.2) is 18.2 Å². The lowest BCUT2D eigenvalue weighted by Crippen LogP contribution is -2.29. The Balaban J connectivity index is 2.85. The molecule has 0 radical (unpaired) electrons. The summed E-state index contributed by atoms with van der Waals surface area (Å²) in [6, 6.07) is 4.25. The third-order valence-electron chi connectivity index (χ3n) is 2.86. The highest BCUT2D eigenvalue weighted by Gasteiger charge is 2.17. The minimum Gasteiger partial charge on any atom is -0.342 e. The second kappa shape index (κ2) is 6.52. The van der Waals surface area contributed by atoms with Crippen LogP contribution in [0.5, 0.6) is 0 Å². The zero-order chi connectivity index (χ0) is 14.6. The summed E-state index contributed by atoms with van der Waals surface area (Å²) in [4.78, 5) is 23.9. The van der Waals surface area contributed by atoms with Gasteiger partial charge in [0.05, 0.1) is 4.92 Å². The van der Waals surface area contributed by atoms with Crippen molar-refractivity contribution in [1.82, 2.24) is 4.90 Å². The molecule has 0 bridgehead atoms. The van der Waals surface area contributed by atoms with Crippen molar-refractivity contribution in [3.8, 4) is 0 Å². The number of non-ortho nitro benzene ring substituents is 1. The molecule has 0 aromatic heterocycles. The molecule has 0 aliphatic rings. The number of nitrogens with zero attached hydrogens (tertiary/aromatic N) is 2. The predicted octanol–water partition coefficient (Wildman–Crippen LogP) is 2.99. The highest BCUT2D eigenvalue weighted by atomic mass is 35.5. The lowest BCUT2D eigenvalue weighted by atomic mass is 10.1. The van der Waals surface area contributed by atoms with Gasteiger partial charge in [0.25, 0.3) is 11.6 Å². The van der Waals surface area contributed by atoms with Gasteiger partial charge in [-0.25, -0.2) is 0 Å². The monoisotopic (exact) mass is 284 g/mol. The van der Waals surface area contributed by atoms with Crippen molar-refractivity contribution in [2.24, 2.45) is 0 Å². The van der Waals surface area contributed by atoms with Crippen LogP contribution in [-0.4, -0.2) is 34.7 Å². The molecule has 6 heteroatoms. The third kappa shape index (κ3) is 4.21. The summed E-state index contributed by atoms with van der Waals surface area (Å²) in [5, 5.41) is 10.6. The molecule has 0 N–H and O–H groups in total. The second-order valence-electron chi connectivity index (χ2n) is 4.55. The highest BCUT2D eigenvalue weighted by Crippen LogP contribution is 2.18. The fraction of sp³-hybridized carbons (Fsp3) is 0.462. The fourth-order valence-corrected chi connectivity index (χ4v) is 1.78. The number of aryl methyl sites for hydroxylation is 1. The largest absolute Gasteiger partial charge is 0.342 e. The van der Waals surface area contributed by atoms with E-state index in [0.717, 1.165) is 0 Å². The van der Waals surface area contributed by atoms with Gasteiger partial charge >= 0.3 is 0 Å². The number of rotatable bonds is 5. The maximum absolute atomic E-state index is 12.2. The Morgan fingerprint density at radius 3 is 2.63 bits per heavy atom. The number of hydrogen-bond donors (Lipinski definition) is 0. The Labute approximate surface area is 117 Å². The van der Waals surface area contributed by atoms with E-state index in [0.29, 0.717) is 24.1 Å². The third-order valence-corrected chi connectivity index (χ3v) is 3.08. The van der Waals surface area contributed by atoms with E-state index in [9.17, 15) is 14.9 Å². The summed E-state index contributed by atoms with van der Waals surface area (Å²) in [7, 11) is 1.70. The number of benzene rings is 1. The molecule has 104 valence electrons. The lowest BCUT2D eigenvalue weighted by Gasteiger charge is -2.18. The van der Waals surface area contributed by atoms with Crippen LogP contribution in [0.4, 0.5) is 5.69 Å². The molecule has 0 aliphatic carbocycles. The summed E-state index contributed by atoms with van der Waals surface area (Å²) in [6.45, 7) is 4.12. The van der Waals surface area contributed by atoms with Crippen LogP contribution >= 0.6 is 11.6 Å². The van der Waals surface area contributed by atoms with E-state index in [4.69, 9.17) is 11.6 Å². The van der Waals surface area contributed by atoms with E-state index in [1.165, 1.54) is 18.2 Å². The van der Waals surface area contributed by atoms with E-state index in [2.05, 4.69) is 0 Å². The summed E-state index contributed by atoms with van der Waals surface area (Å²) < 4.78 is 0. The van der Waals surface area contributed by atoms with Crippen LogP contribution in [0.2, 0.25) is 0 Å². The molecule has 1 amide bonds. The summed E-state index contributed by atoms with van der Waals surface area (Å²) in [6.07, 6.45) is 0.704. The number of nitro benzene ring substituents is 1. The number of amides is 1. The van der Waals surface area contributed by atoms with Crippen LogP contribution in [-0.2, 0) is 0 Å². The van der Waals surface area contributed by atoms with Gasteiger partial charge in [-0.2, -0.15) is 0 Å². The first kappa shape index (κ1) is 15.4. The first-order valence-electron chi connectivity index (χ1n) is 5.97. The Morgan fingerprint density at radius 2 is 2.16 bits per heavy atom. The van der Waals surface area contributed by atoms with Gasteiger partial charge in [-0.1, -0.05) is 0 Å². The van der Waals surface area contributed by atoms with Crippen molar-refractivity contribution >= 4 is 23.2 Å². The van der Waals surface area contributed by atoms with Crippen molar-refractivity contribution in [3.05, 3.63) is 39.4 Å². The molecule has 19 heavy (non-hydrogen) atoms. The molecular formula is C13H17ClN2O3. The second-order valence-corrected chi connectivity index (χ2v) is 5.30. The SMILES string of the molecule is Cc1cc([N+](=O)[O-])ccc1C(=O)N(C)CCC(C)Cl. The zero-order valence-corrected chi connectivity index (χ0v) is 12.0. The molecule has 0 aliphatic heterocycles. The summed E-state index contributed by atoms with van der Waals surface area (Å²) in [5.74, 6) is -0.148. The first-order valence-corrected chi connectivity index (χ1v) is 6.41. The van der Waals surface area contributed by atoms with Crippen LogP contribution in [0, 0.1) is 17.0 Å². The Bertz CT molecular complexity index is 489. The first-order chi connectivity index (χ1) is 8.82. The van der Waals surface area contributed by atoms with Crippen molar-refractivity contribution in [3.63, 3.8) is 0 Å². The Morgan fingerprint density at radius 1 is 1.53 bits per heavy atom. The summed E-state index contributed by atoms with van der Waals surface area (Å²) in [5.41, 5.74) is 1.08. The number of nitro groups is 1. The van der Waals surface area contributed by atoms with Gasteiger partial charge < -0.3 is 4.90 Å². The number of halogens is 1. The van der Waals surface area contributed by atoms with Gasteiger partial charge in [0.1, 0.15) is 0 Å². The molecule has 1 aromatic carbocycles. The number of alkyl halides is 1. The van der Waals surface area contributed by atoms with Gasteiger partial charge in [-0.05, 0) is 31.9 Å². The maximum atomic E-state index is 12.2. The standard InChI is InChI=1S/C13H17ClN2O3/c1-9-8-11(16(18)19)4-5-12(9)13(17)15(3)7-6-10(2)14/h4-5,8,10H,6-7H2,1-3H3. The van der Waals surface area contributed by atoms with Crippen LogP contribution in [0.1, 0.15) is 29.3 Å². The van der Waals surface area contributed by atoms with Crippen molar-refractivity contribution in [2.45, 2.75) is 25.6 Å². The van der Waals surface area contributed by atoms with Crippen molar-refractivity contribution in [2.75, 3.05) is 13.6 Å². The lowest BCUT2D eigenvalue weighted by molar-refractivity contribution is -0.384. The van der Waals surface area contributed by atoms with E-state index in [1.54, 1.807) is 18.9 Å². The quantitative estimate of drug-likeness (QED) is 0.474. The van der Waals surface area contributed by atoms with Gasteiger partial charge in [-0.3, -0.25) is 14.9 Å². The molecule has 5 nitrogen and oxygen atoms in total. The van der Waals surface area contributed by atoms with Gasteiger partial charge in [0.15, 0.2) is 0 Å². The fourth-order valence-electron chi connectivity index (χ4n) is 1.68. The molecule has 0 fully saturated rings. The van der Waals surface area contributed by atoms with Crippen LogP contribution < -0.4 is 0 Å². The molecule has 1 atom stereocenters. The highest BCUT2D eigenvalue weighted by molar-refractivity contribution is 6.20. The van der Waals surface area contributed by atoms with Gasteiger partial charge in [0, 0.05) is 36.7 Å².